The normalized spacial score (nSPS) is 10.4. The molecule has 0 aromatic heterocycles. The van der Waals surface area contributed by atoms with Gasteiger partial charge in [0.25, 0.3) is 0 Å². The van der Waals surface area contributed by atoms with Crippen LogP contribution in [0.4, 0.5) is 11.4 Å². The molecule has 3 heteroatoms. The molecule has 4 aromatic rings. The third-order valence-corrected chi connectivity index (χ3v) is 4.86. The van der Waals surface area contributed by atoms with E-state index in [1.807, 2.05) is 60.7 Å². The smallest absolute Gasteiger partial charge is 0.126 e. The average Bonchev–Trinajstić information content (AvgIpc) is 2.80. The van der Waals surface area contributed by atoms with Crippen LogP contribution >= 0.6 is 0 Å². The molecule has 1 N–H and O–H groups in total. The number of benzene rings is 4. The largest absolute Gasteiger partial charge is 0.496 e. The van der Waals surface area contributed by atoms with Gasteiger partial charge in [-0.3, -0.25) is 0 Å². The summed E-state index contributed by atoms with van der Waals surface area (Å²) in [6, 6.07) is 32.8. The lowest BCUT2D eigenvalue weighted by atomic mass is 10.0. The fourth-order valence-corrected chi connectivity index (χ4v) is 3.42. The van der Waals surface area contributed by atoms with E-state index in [4.69, 9.17) is 9.47 Å². The number of hydrogen-bond donors (Lipinski definition) is 1. The molecule has 0 radical (unpaired) electrons. The van der Waals surface area contributed by atoms with Gasteiger partial charge >= 0.3 is 0 Å². The maximum Gasteiger partial charge on any atom is 0.126 e. The van der Waals surface area contributed by atoms with E-state index in [2.05, 4.69) is 41.7 Å². The standard InChI is InChI=1S/C26H23NO2/c1-28-25-15-13-21(17-23(25)19-9-5-3-6-10-19)27-22-14-16-26(29-2)24(18-22)20-11-7-4-8-12-20/h3-18,27H,1-2H3. The van der Waals surface area contributed by atoms with Crippen molar-refractivity contribution < 1.29 is 9.47 Å². The lowest BCUT2D eigenvalue weighted by Crippen LogP contribution is -1.95. The molecule has 0 unspecified atom stereocenters. The zero-order valence-electron chi connectivity index (χ0n) is 16.6. The number of ether oxygens (including phenoxy) is 2. The van der Waals surface area contributed by atoms with Gasteiger partial charge in [-0.05, 0) is 47.5 Å². The molecule has 4 rings (SSSR count). The third kappa shape index (κ3) is 4.09. The second-order valence-electron chi connectivity index (χ2n) is 6.69. The highest BCUT2D eigenvalue weighted by atomic mass is 16.5. The molecule has 0 saturated carbocycles. The number of methoxy groups -OCH3 is 2. The van der Waals surface area contributed by atoms with Crippen molar-refractivity contribution >= 4 is 11.4 Å². The van der Waals surface area contributed by atoms with Crippen LogP contribution in [0.1, 0.15) is 0 Å². The Morgan fingerprint density at radius 1 is 0.517 bits per heavy atom. The summed E-state index contributed by atoms with van der Waals surface area (Å²) in [7, 11) is 3.40. The first-order valence-corrected chi connectivity index (χ1v) is 9.52. The van der Waals surface area contributed by atoms with E-state index in [0.29, 0.717) is 0 Å². The minimum atomic E-state index is 0.849. The molecule has 0 aliphatic carbocycles. The first-order chi connectivity index (χ1) is 14.3. The fraction of sp³-hybridized carbons (Fsp3) is 0.0769. The predicted octanol–water partition coefficient (Wildman–Crippen LogP) is 6.78. The van der Waals surface area contributed by atoms with Crippen LogP contribution in [0.3, 0.4) is 0 Å². The summed E-state index contributed by atoms with van der Waals surface area (Å²) >= 11 is 0. The number of nitrogens with one attached hydrogen (secondary N) is 1. The SMILES string of the molecule is COc1ccc(Nc2ccc(OC)c(-c3ccccc3)c2)cc1-c1ccccc1. The van der Waals surface area contributed by atoms with Crippen LogP contribution in [-0.2, 0) is 0 Å². The summed E-state index contributed by atoms with van der Waals surface area (Å²) in [4.78, 5) is 0. The Morgan fingerprint density at radius 3 is 1.31 bits per heavy atom. The predicted molar refractivity (Wildman–Crippen MR) is 120 cm³/mol. The lowest BCUT2D eigenvalue weighted by Gasteiger charge is -2.15. The van der Waals surface area contributed by atoms with Crippen molar-refractivity contribution in [3.63, 3.8) is 0 Å². The van der Waals surface area contributed by atoms with Gasteiger partial charge in [0, 0.05) is 22.5 Å². The van der Waals surface area contributed by atoms with E-state index in [0.717, 1.165) is 45.1 Å². The highest BCUT2D eigenvalue weighted by Crippen LogP contribution is 2.36. The van der Waals surface area contributed by atoms with Crippen LogP contribution < -0.4 is 14.8 Å². The number of anilines is 2. The zero-order chi connectivity index (χ0) is 20.1. The summed E-state index contributed by atoms with van der Waals surface area (Å²) in [6.45, 7) is 0. The molecule has 0 atom stereocenters. The van der Waals surface area contributed by atoms with Crippen LogP contribution in [0.15, 0.2) is 97.1 Å². The number of rotatable bonds is 6. The summed E-state index contributed by atoms with van der Waals surface area (Å²) in [5, 5.41) is 3.52. The molecule has 144 valence electrons. The van der Waals surface area contributed by atoms with Crippen molar-refractivity contribution in [1.29, 1.82) is 0 Å². The minimum absolute atomic E-state index is 0.849. The highest BCUT2D eigenvalue weighted by Gasteiger charge is 2.10. The fourth-order valence-electron chi connectivity index (χ4n) is 3.42. The summed E-state index contributed by atoms with van der Waals surface area (Å²) < 4.78 is 11.1. The molecular formula is C26H23NO2. The first-order valence-electron chi connectivity index (χ1n) is 9.52. The second kappa shape index (κ2) is 8.53. The van der Waals surface area contributed by atoms with Crippen LogP contribution in [0.25, 0.3) is 22.3 Å². The molecule has 0 amide bonds. The van der Waals surface area contributed by atoms with E-state index in [1.54, 1.807) is 14.2 Å². The van der Waals surface area contributed by atoms with Gasteiger partial charge in [-0.2, -0.15) is 0 Å². The van der Waals surface area contributed by atoms with Crippen molar-refractivity contribution in [2.75, 3.05) is 19.5 Å². The molecule has 0 fully saturated rings. The van der Waals surface area contributed by atoms with E-state index in [-0.39, 0.29) is 0 Å². The molecular weight excluding hydrogens is 358 g/mol. The molecule has 0 saturated heterocycles. The first kappa shape index (κ1) is 18.6. The Labute approximate surface area is 171 Å². The Morgan fingerprint density at radius 2 is 0.931 bits per heavy atom. The summed E-state index contributed by atoms with van der Waals surface area (Å²) in [5.74, 6) is 1.70. The quantitative estimate of drug-likeness (QED) is 0.399. The Hall–Kier alpha value is -3.72. The van der Waals surface area contributed by atoms with Gasteiger partial charge in [0.2, 0.25) is 0 Å². The lowest BCUT2D eigenvalue weighted by molar-refractivity contribution is 0.416. The van der Waals surface area contributed by atoms with Crippen LogP contribution in [0, 0.1) is 0 Å². The Bertz CT molecular complexity index is 1000. The van der Waals surface area contributed by atoms with Gasteiger partial charge in [-0.15, -0.1) is 0 Å². The van der Waals surface area contributed by atoms with Gasteiger partial charge in [-0.1, -0.05) is 60.7 Å². The maximum absolute atomic E-state index is 5.57. The van der Waals surface area contributed by atoms with Crippen molar-refractivity contribution in [2.24, 2.45) is 0 Å². The van der Waals surface area contributed by atoms with Crippen molar-refractivity contribution in [3.05, 3.63) is 97.1 Å². The van der Waals surface area contributed by atoms with E-state index < -0.39 is 0 Å². The number of hydrogen-bond acceptors (Lipinski definition) is 3. The Balaban J connectivity index is 1.70. The van der Waals surface area contributed by atoms with E-state index in [9.17, 15) is 0 Å². The Kier molecular flexibility index (Phi) is 5.48. The van der Waals surface area contributed by atoms with E-state index in [1.165, 1.54) is 0 Å². The van der Waals surface area contributed by atoms with Gasteiger partial charge in [0.05, 0.1) is 14.2 Å². The highest BCUT2D eigenvalue weighted by molar-refractivity contribution is 5.79. The molecule has 0 aliphatic heterocycles. The van der Waals surface area contributed by atoms with Crippen molar-refractivity contribution in [1.82, 2.24) is 0 Å². The van der Waals surface area contributed by atoms with Gasteiger partial charge < -0.3 is 14.8 Å². The molecule has 3 nitrogen and oxygen atoms in total. The minimum Gasteiger partial charge on any atom is -0.496 e. The maximum atomic E-state index is 5.57. The van der Waals surface area contributed by atoms with Crippen molar-refractivity contribution in [2.45, 2.75) is 0 Å². The van der Waals surface area contributed by atoms with E-state index >= 15 is 0 Å². The molecule has 0 bridgehead atoms. The molecule has 4 aromatic carbocycles. The summed E-state index contributed by atoms with van der Waals surface area (Å²) in [6.07, 6.45) is 0. The van der Waals surface area contributed by atoms with Crippen LogP contribution in [-0.4, -0.2) is 14.2 Å². The molecule has 0 spiro atoms. The van der Waals surface area contributed by atoms with Gasteiger partial charge in [0.15, 0.2) is 0 Å². The third-order valence-electron chi connectivity index (χ3n) is 4.86. The van der Waals surface area contributed by atoms with Gasteiger partial charge in [0.1, 0.15) is 11.5 Å². The second-order valence-corrected chi connectivity index (χ2v) is 6.69. The van der Waals surface area contributed by atoms with Crippen molar-refractivity contribution in [3.8, 4) is 33.8 Å². The van der Waals surface area contributed by atoms with Crippen LogP contribution in [0.5, 0.6) is 11.5 Å². The average molecular weight is 381 g/mol. The van der Waals surface area contributed by atoms with Gasteiger partial charge in [-0.25, -0.2) is 0 Å². The molecule has 0 heterocycles. The zero-order valence-corrected chi connectivity index (χ0v) is 16.6. The monoisotopic (exact) mass is 381 g/mol. The van der Waals surface area contributed by atoms with Crippen LogP contribution in [0.2, 0.25) is 0 Å². The molecule has 29 heavy (non-hydrogen) atoms. The topological polar surface area (TPSA) is 30.5 Å². The molecule has 0 aliphatic rings. The summed E-state index contributed by atoms with van der Waals surface area (Å²) in [5.41, 5.74) is 6.33.